The molecule has 4 saturated heterocycles. The van der Waals surface area contributed by atoms with E-state index >= 15 is 0 Å². The van der Waals surface area contributed by atoms with E-state index in [0.717, 1.165) is 140 Å². The molecular weight excluding hydrogens is 1710 g/mol. The number of nitrogens with one attached hydrogen (secondary N) is 4. The van der Waals surface area contributed by atoms with Gasteiger partial charge in [0.15, 0.2) is 5.69 Å². The Morgan fingerprint density at radius 3 is 1.11 bits per heavy atom. The maximum atomic E-state index is 14.0. The highest BCUT2D eigenvalue weighted by Gasteiger charge is 2.42. The van der Waals surface area contributed by atoms with Gasteiger partial charge in [0.2, 0.25) is 40.1 Å². The Kier molecular flexibility index (Phi) is 25.7. The van der Waals surface area contributed by atoms with Crippen LogP contribution in [0.3, 0.4) is 0 Å². The van der Waals surface area contributed by atoms with Crippen molar-refractivity contribution < 1.29 is 42.5 Å². The molecule has 129 heavy (non-hydrogen) atoms. The number of H-pyrrole nitrogens is 4. The van der Waals surface area contributed by atoms with Gasteiger partial charge in [0.05, 0.1) is 65.1 Å². The molecule has 0 amide bonds. The lowest BCUT2D eigenvalue weighted by Crippen LogP contribution is -2.35. The fraction of sp³-hybridized carbons (Fsp3) is 0.278. The van der Waals surface area contributed by atoms with Gasteiger partial charge < -0.3 is 18.3 Å². The zero-order valence-electron chi connectivity index (χ0n) is 71.5. The molecule has 0 bridgehead atoms. The van der Waals surface area contributed by atoms with Crippen LogP contribution < -0.4 is 0 Å². The second-order valence-electron chi connectivity index (χ2n) is 34.4. The molecule has 0 spiro atoms. The third-order valence-corrected chi connectivity index (χ3v) is 33.0. The minimum atomic E-state index is -3.64. The van der Waals surface area contributed by atoms with Gasteiger partial charge in [0.25, 0.3) is 0 Å². The molecule has 12 heterocycles. The molecule has 0 aliphatic carbocycles. The van der Waals surface area contributed by atoms with E-state index in [9.17, 15) is 42.5 Å². The molecule has 0 radical (unpaired) electrons. The highest BCUT2D eigenvalue weighted by atomic mass is 32.2. The molecule has 16 aromatic rings. The summed E-state index contributed by atoms with van der Waals surface area (Å²) in [6, 6.07) is 60.3. The highest BCUT2D eigenvalue weighted by molar-refractivity contribution is 7.89. The lowest BCUT2D eigenvalue weighted by Gasteiger charge is -2.21. The van der Waals surface area contributed by atoms with Crippen molar-refractivity contribution in [1.29, 1.82) is 5.26 Å². The lowest BCUT2D eigenvalue weighted by atomic mass is 10.1. The number of fused-ring (bicyclic) bond motifs is 4. The quantitative estimate of drug-likeness (QED) is 0.0433. The van der Waals surface area contributed by atoms with Gasteiger partial charge in [-0.1, -0.05) is 78.9 Å². The first-order valence-electron chi connectivity index (χ1n) is 42.9. The zero-order chi connectivity index (χ0) is 89.9. The van der Waals surface area contributed by atoms with Crippen molar-refractivity contribution in [2.24, 2.45) is 23.7 Å². The van der Waals surface area contributed by atoms with Crippen molar-refractivity contribution >= 4 is 89.4 Å². The second kappa shape index (κ2) is 37.5. The number of benzene rings is 8. The molecule has 4 fully saturated rings. The molecular formula is C97H98F2N18O8S4. The number of aromatic amines is 4. The van der Waals surface area contributed by atoms with Crippen LogP contribution in [0.15, 0.2) is 273 Å². The molecule has 20 rings (SSSR count). The molecule has 26 nitrogen and oxygen atoms in total. The molecule has 8 unspecified atom stereocenters. The van der Waals surface area contributed by atoms with Crippen LogP contribution in [0.1, 0.15) is 75.6 Å². The number of nitriles is 1. The molecule has 32 heteroatoms. The third-order valence-electron chi connectivity index (χ3n) is 25.3. The Morgan fingerprint density at radius 2 is 0.752 bits per heavy atom. The molecule has 8 atom stereocenters. The summed E-state index contributed by atoms with van der Waals surface area (Å²) in [5.41, 5.74) is 15.7. The van der Waals surface area contributed by atoms with Gasteiger partial charge in [-0.15, -0.1) is 0 Å². The van der Waals surface area contributed by atoms with Gasteiger partial charge in [-0.3, -0.25) is 20.4 Å². The van der Waals surface area contributed by atoms with Crippen molar-refractivity contribution in [3.8, 4) is 50.6 Å². The average Bonchev–Trinajstić information content (AvgIpc) is 1.67. The first-order valence-corrected chi connectivity index (χ1v) is 49.2. The summed E-state index contributed by atoms with van der Waals surface area (Å²) in [6.07, 6.45) is 26.2. The van der Waals surface area contributed by atoms with Crippen molar-refractivity contribution in [3.63, 3.8) is 0 Å². The van der Waals surface area contributed by atoms with E-state index in [2.05, 4.69) is 192 Å². The molecule has 8 aromatic heterocycles. The minimum absolute atomic E-state index is 0.0344. The van der Waals surface area contributed by atoms with E-state index in [1.54, 1.807) is 90.3 Å². The molecule has 4 aliphatic heterocycles. The number of hydrogen-bond donors (Lipinski definition) is 4. The highest BCUT2D eigenvalue weighted by Crippen LogP contribution is 2.39. The van der Waals surface area contributed by atoms with E-state index in [4.69, 9.17) is 11.8 Å². The Morgan fingerprint density at radius 1 is 0.395 bits per heavy atom. The zero-order valence-corrected chi connectivity index (χ0v) is 74.8. The van der Waals surface area contributed by atoms with Gasteiger partial charge in [0, 0.05) is 198 Å². The molecule has 8 aromatic carbocycles. The average molecular weight is 1810 g/mol. The monoisotopic (exact) mass is 1810 g/mol. The lowest BCUT2D eigenvalue weighted by molar-refractivity contribution is 0.398. The van der Waals surface area contributed by atoms with E-state index in [-0.39, 0.29) is 75.6 Å². The third kappa shape index (κ3) is 19.8. The first kappa shape index (κ1) is 88.3. The van der Waals surface area contributed by atoms with Crippen LogP contribution >= 0.6 is 0 Å². The number of sulfonamides is 4. The fourth-order valence-electron chi connectivity index (χ4n) is 19.0. The Labute approximate surface area is 748 Å². The summed E-state index contributed by atoms with van der Waals surface area (Å²) in [6.45, 7) is 20.0. The van der Waals surface area contributed by atoms with Crippen LogP contribution in [-0.2, 0) is 83.5 Å². The summed E-state index contributed by atoms with van der Waals surface area (Å²) in [7, 11) is -14.1. The number of rotatable bonds is 23. The largest absolute Gasteiger partial charge is 0.347 e. The van der Waals surface area contributed by atoms with Crippen LogP contribution in [0, 0.1) is 53.2 Å². The summed E-state index contributed by atoms with van der Waals surface area (Å²) in [5.74, 6) is -0.447. The van der Waals surface area contributed by atoms with Gasteiger partial charge in [-0.05, 0) is 226 Å². The van der Waals surface area contributed by atoms with Crippen LogP contribution in [0.4, 0.5) is 14.5 Å². The van der Waals surface area contributed by atoms with Crippen LogP contribution in [0.2, 0.25) is 0 Å². The van der Waals surface area contributed by atoms with E-state index in [0.29, 0.717) is 48.6 Å². The number of hydrogen-bond acceptors (Lipinski definition) is 13. The predicted octanol–water partition coefficient (Wildman–Crippen LogP) is 17.6. The Hall–Kier alpha value is -12.8. The van der Waals surface area contributed by atoms with E-state index in [1.165, 1.54) is 36.4 Å². The Bertz CT molecular complexity index is 7230. The number of halogens is 2. The maximum Gasteiger partial charge on any atom is 0.243 e. The number of aromatic nitrogens is 12. The van der Waals surface area contributed by atoms with Gasteiger partial charge in [0.1, 0.15) is 11.6 Å². The normalized spacial score (nSPS) is 19.5. The molecule has 4 N–H and O–H groups in total. The van der Waals surface area contributed by atoms with Gasteiger partial charge in [-0.25, -0.2) is 47.3 Å². The maximum absolute atomic E-state index is 14.0. The minimum Gasteiger partial charge on any atom is -0.347 e. The summed E-state index contributed by atoms with van der Waals surface area (Å²) in [5, 5.41) is 41.0. The standard InChI is InChI=1S/2C25H25N5O2S.C24H25FN4O2S.C23H23FN4O2S/c1-18-10-20(16-30(18)33(31,32)17-19-4-3-5-24(11-19)26-2)15-29-9-8-22-12-21(6-7-25(22)29)23-13-27-28-14-23;1-18-10-21(16-30(18)33(31,32)17-20-4-2-19(12-26)3-5-20)15-29-9-8-23-11-22(6-7-25(23)29)24-13-27-28-14-24;1-17-10-18(15-29(17)32(30,31)16-21-4-2-3-5-23(21)25)14-28-9-8-20-11-19(6-7-24(20)28)22-12-26-27-13-22;1-16-10-17(15-28(16)31(29,30)22-5-3-21(24)4-6-22)14-27-9-8-19-11-18(2-7-23(19)27)20-12-25-26-13-20/h3-9,11-14,18,20H,10,15-17H2,1H3,(H,27,28);2-9,11,13-14,18,21H,10,15-17H2,1H3,(H,27,28);2-9,11-13,17-18H,10,14-16H2,1H3,(H,26,27);2-9,11-13,16-17H,10,14-15H2,1H3,(H,25,26). The van der Waals surface area contributed by atoms with Crippen LogP contribution in [0.5, 0.6) is 0 Å². The summed E-state index contributed by atoms with van der Waals surface area (Å²) < 4.78 is 147. The predicted molar refractivity (Wildman–Crippen MR) is 497 cm³/mol. The van der Waals surface area contributed by atoms with Crippen molar-refractivity contribution in [2.75, 3.05) is 26.2 Å². The smallest absolute Gasteiger partial charge is 0.243 e. The SMILES string of the molecule is CC1CC(Cn2ccc3cc(-c4cn[nH]c4)ccc32)CN1S(=O)(=O)Cc1ccc(C#N)cc1.CC1CC(Cn2ccc3cc(-c4cn[nH]c4)ccc32)CN1S(=O)(=O)Cc1ccccc1F.CC1CC(Cn2ccc3cc(-c4cn[nH]c4)ccc32)CN1S(=O)(=O)c1ccc(F)cc1.[C-]#[N+]c1cccc(CS(=O)(=O)N2CC(Cn3ccc4cc(-c5cn[nH]c5)ccc43)CC2C)c1. The second-order valence-corrected chi connectivity index (χ2v) is 42.1. The fourth-order valence-corrected chi connectivity index (χ4v) is 26.3. The summed E-state index contributed by atoms with van der Waals surface area (Å²) >= 11 is 0. The van der Waals surface area contributed by atoms with Crippen molar-refractivity contribution in [1.82, 2.24) is 76.3 Å². The molecule has 0 saturated carbocycles. The number of nitrogens with zero attached hydrogens (tertiary/aromatic N) is 14. The van der Waals surface area contributed by atoms with Gasteiger partial charge in [-0.2, -0.15) is 42.9 Å². The van der Waals surface area contributed by atoms with Crippen LogP contribution in [-0.4, -0.2) is 160 Å². The Balaban J connectivity index is 0.000000121. The van der Waals surface area contributed by atoms with Crippen molar-refractivity contribution in [3.05, 3.63) is 314 Å². The van der Waals surface area contributed by atoms with Gasteiger partial charge >= 0.3 is 0 Å². The summed E-state index contributed by atoms with van der Waals surface area (Å²) in [4.78, 5) is 3.54. The molecule has 662 valence electrons. The van der Waals surface area contributed by atoms with E-state index < -0.39 is 51.7 Å². The molecule has 4 aliphatic rings. The first-order chi connectivity index (χ1) is 62.2. The van der Waals surface area contributed by atoms with Crippen molar-refractivity contribution in [2.45, 2.75) is 126 Å². The van der Waals surface area contributed by atoms with E-state index in [1.807, 2.05) is 64.9 Å². The topological polar surface area (TPSA) is 312 Å². The van der Waals surface area contributed by atoms with Crippen LogP contribution in [0.25, 0.3) is 93.0 Å².